The third kappa shape index (κ3) is 5.97. The molecule has 3 aromatic rings. The minimum atomic E-state index is -0.433. The molecular formula is C23H25ClFN3O4. The molecule has 9 heteroatoms. The van der Waals surface area contributed by atoms with Gasteiger partial charge in [-0.3, -0.25) is 0 Å². The van der Waals surface area contributed by atoms with Gasteiger partial charge in [-0.2, -0.15) is 0 Å². The molecular weight excluding hydrogens is 437 g/mol. The Morgan fingerprint density at radius 1 is 1.09 bits per heavy atom. The molecule has 7 nitrogen and oxygen atoms in total. The smallest absolute Gasteiger partial charge is 0.226 e. The predicted octanol–water partition coefficient (Wildman–Crippen LogP) is 5.08. The Hall–Kier alpha value is -2.68. The molecule has 0 radical (unpaired) electrons. The second-order valence-corrected chi connectivity index (χ2v) is 7.72. The number of hydrogen-bond donors (Lipinski definition) is 0. The van der Waals surface area contributed by atoms with Crippen LogP contribution in [0.2, 0.25) is 0 Å². The molecule has 4 rings (SSSR count). The van der Waals surface area contributed by atoms with E-state index in [0.717, 1.165) is 36.7 Å². The van der Waals surface area contributed by atoms with Crippen molar-refractivity contribution in [1.29, 1.82) is 0 Å². The summed E-state index contributed by atoms with van der Waals surface area (Å²) in [4.78, 5) is 8.46. The topological polar surface area (TPSA) is 65.9 Å². The zero-order valence-corrected chi connectivity index (χ0v) is 18.3. The van der Waals surface area contributed by atoms with Crippen molar-refractivity contribution < 1.29 is 23.3 Å². The molecule has 32 heavy (non-hydrogen) atoms. The highest BCUT2D eigenvalue weighted by atomic mass is 35.5. The molecule has 0 spiro atoms. The Kier molecular flexibility index (Phi) is 7.92. The highest BCUT2D eigenvalue weighted by Gasteiger charge is 2.14. The second kappa shape index (κ2) is 11.3. The number of hydrogen-bond acceptors (Lipinski definition) is 7. The molecule has 1 unspecified atom stereocenters. The van der Waals surface area contributed by atoms with Crippen molar-refractivity contribution in [3.8, 4) is 11.6 Å². The van der Waals surface area contributed by atoms with Crippen LogP contribution in [0, 0.1) is 5.82 Å². The van der Waals surface area contributed by atoms with E-state index in [1.54, 1.807) is 18.2 Å². The van der Waals surface area contributed by atoms with E-state index in [-0.39, 0.29) is 18.7 Å². The van der Waals surface area contributed by atoms with Crippen molar-refractivity contribution in [2.24, 2.45) is 0 Å². The maximum absolute atomic E-state index is 13.9. The van der Waals surface area contributed by atoms with Gasteiger partial charge in [-0.15, -0.1) is 0 Å². The standard InChI is InChI=1S/C23H25ClFN3O4/c24-28(21-7-2-1-6-19(21)25)16-32-23-18-10-9-17(14-20(18)26-15-27-23)29-12-5-13-31-22-8-3-4-11-30-22/h1-2,6-7,9-10,14-15,22H,3-5,8,11-13,16H2. The number of rotatable bonds is 10. The molecule has 1 fully saturated rings. The molecule has 2 aromatic carbocycles. The lowest BCUT2D eigenvalue weighted by molar-refractivity contribution is -0.163. The van der Waals surface area contributed by atoms with Crippen molar-refractivity contribution in [3.05, 3.63) is 54.6 Å². The summed E-state index contributed by atoms with van der Waals surface area (Å²) in [7, 11) is 0. The SMILES string of the molecule is Fc1ccccc1N(Cl)COc1ncnc2cc(OCCCOC3CCCCO3)ccc12. The van der Waals surface area contributed by atoms with Gasteiger partial charge in [0.05, 0.1) is 29.8 Å². The normalized spacial score (nSPS) is 16.1. The van der Waals surface area contributed by atoms with Gasteiger partial charge in [-0.1, -0.05) is 12.1 Å². The molecule has 0 N–H and O–H groups in total. The van der Waals surface area contributed by atoms with Crippen molar-refractivity contribution in [2.45, 2.75) is 32.0 Å². The van der Waals surface area contributed by atoms with Gasteiger partial charge in [-0.25, -0.2) is 18.8 Å². The number of benzene rings is 2. The molecule has 0 aliphatic carbocycles. The molecule has 1 aliphatic heterocycles. The van der Waals surface area contributed by atoms with Gasteiger partial charge in [0.2, 0.25) is 5.88 Å². The summed E-state index contributed by atoms with van der Waals surface area (Å²) in [5.41, 5.74) is 0.897. The van der Waals surface area contributed by atoms with Crippen molar-refractivity contribution in [2.75, 3.05) is 31.0 Å². The molecule has 2 heterocycles. The fourth-order valence-corrected chi connectivity index (χ4v) is 3.55. The Bertz CT molecular complexity index is 1020. The zero-order chi connectivity index (χ0) is 22.2. The number of anilines is 1. The average Bonchev–Trinajstić information content (AvgIpc) is 2.83. The van der Waals surface area contributed by atoms with Gasteiger partial charge in [-0.05, 0) is 43.5 Å². The van der Waals surface area contributed by atoms with E-state index in [4.69, 9.17) is 30.7 Å². The maximum atomic E-state index is 13.9. The van der Waals surface area contributed by atoms with E-state index in [2.05, 4.69) is 9.97 Å². The molecule has 1 atom stereocenters. The van der Waals surface area contributed by atoms with Gasteiger partial charge < -0.3 is 18.9 Å². The Labute approximate surface area is 191 Å². The van der Waals surface area contributed by atoms with E-state index >= 15 is 0 Å². The van der Waals surface area contributed by atoms with Crippen molar-refractivity contribution >= 4 is 28.4 Å². The van der Waals surface area contributed by atoms with Gasteiger partial charge in [0, 0.05) is 30.9 Å². The largest absolute Gasteiger partial charge is 0.493 e. The lowest BCUT2D eigenvalue weighted by Crippen LogP contribution is -2.23. The summed E-state index contributed by atoms with van der Waals surface area (Å²) >= 11 is 6.16. The first-order chi connectivity index (χ1) is 15.7. The van der Waals surface area contributed by atoms with Crippen LogP contribution in [0.1, 0.15) is 25.7 Å². The van der Waals surface area contributed by atoms with Crippen LogP contribution in [0.15, 0.2) is 48.8 Å². The summed E-state index contributed by atoms with van der Waals surface area (Å²) in [6.07, 6.45) is 5.30. The number of nitrogens with zero attached hydrogens (tertiary/aromatic N) is 3. The number of aromatic nitrogens is 2. The molecule has 0 bridgehead atoms. The Balaban J connectivity index is 1.29. The second-order valence-electron chi connectivity index (χ2n) is 7.31. The van der Waals surface area contributed by atoms with Gasteiger partial charge in [0.25, 0.3) is 0 Å². The third-order valence-corrected chi connectivity index (χ3v) is 5.28. The lowest BCUT2D eigenvalue weighted by atomic mass is 10.2. The van der Waals surface area contributed by atoms with E-state index in [9.17, 15) is 4.39 Å². The Morgan fingerprint density at radius 2 is 2.00 bits per heavy atom. The van der Waals surface area contributed by atoms with Crippen LogP contribution < -0.4 is 13.9 Å². The molecule has 0 saturated carbocycles. The minimum Gasteiger partial charge on any atom is -0.493 e. The quantitative estimate of drug-likeness (QED) is 0.237. The first-order valence-corrected chi connectivity index (χ1v) is 11.0. The summed E-state index contributed by atoms with van der Waals surface area (Å²) in [5, 5.41) is 0.705. The highest BCUT2D eigenvalue weighted by Crippen LogP contribution is 2.27. The fraction of sp³-hybridized carbons (Fsp3) is 0.391. The summed E-state index contributed by atoms with van der Waals surface area (Å²) in [6.45, 7) is 1.81. The number of halogens is 2. The van der Waals surface area contributed by atoms with Crippen LogP contribution in [-0.4, -0.2) is 42.8 Å². The number of fused-ring (bicyclic) bond motifs is 1. The predicted molar refractivity (Wildman–Crippen MR) is 119 cm³/mol. The molecule has 1 aromatic heterocycles. The first kappa shape index (κ1) is 22.5. The molecule has 0 amide bonds. The monoisotopic (exact) mass is 461 g/mol. The van der Waals surface area contributed by atoms with Crippen LogP contribution in [0.25, 0.3) is 10.9 Å². The molecule has 1 saturated heterocycles. The van der Waals surface area contributed by atoms with E-state index < -0.39 is 5.82 Å². The zero-order valence-electron chi connectivity index (χ0n) is 17.6. The summed E-state index contributed by atoms with van der Waals surface area (Å²) in [6, 6.07) is 11.7. The lowest BCUT2D eigenvalue weighted by Gasteiger charge is -2.22. The van der Waals surface area contributed by atoms with Crippen LogP contribution in [0.3, 0.4) is 0 Å². The van der Waals surface area contributed by atoms with Crippen LogP contribution in [0.4, 0.5) is 10.1 Å². The average molecular weight is 462 g/mol. The van der Waals surface area contributed by atoms with Crippen molar-refractivity contribution in [3.63, 3.8) is 0 Å². The molecule has 170 valence electrons. The summed E-state index contributed by atoms with van der Waals surface area (Å²) in [5.74, 6) is 0.614. The fourth-order valence-electron chi connectivity index (χ4n) is 3.36. The van der Waals surface area contributed by atoms with Gasteiger partial charge >= 0.3 is 0 Å². The van der Waals surface area contributed by atoms with Gasteiger partial charge in [0.1, 0.15) is 17.9 Å². The highest BCUT2D eigenvalue weighted by molar-refractivity contribution is 6.25. The molecule has 1 aliphatic rings. The van der Waals surface area contributed by atoms with Crippen LogP contribution >= 0.6 is 11.8 Å². The third-order valence-electron chi connectivity index (χ3n) is 5.00. The van der Waals surface area contributed by atoms with Crippen LogP contribution in [0.5, 0.6) is 11.6 Å². The van der Waals surface area contributed by atoms with Crippen LogP contribution in [-0.2, 0) is 9.47 Å². The van der Waals surface area contributed by atoms with E-state index in [1.807, 2.05) is 18.2 Å². The number of para-hydroxylation sites is 1. The minimum absolute atomic E-state index is 0.0816. The first-order valence-electron chi connectivity index (χ1n) is 10.6. The van der Waals surface area contributed by atoms with E-state index in [0.29, 0.717) is 35.7 Å². The Morgan fingerprint density at radius 3 is 2.84 bits per heavy atom. The number of ether oxygens (including phenoxy) is 4. The summed E-state index contributed by atoms with van der Waals surface area (Å²) < 4.78 is 37.8. The van der Waals surface area contributed by atoms with Crippen molar-refractivity contribution in [1.82, 2.24) is 9.97 Å². The van der Waals surface area contributed by atoms with E-state index in [1.165, 1.54) is 12.4 Å². The maximum Gasteiger partial charge on any atom is 0.226 e. The van der Waals surface area contributed by atoms with Gasteiger partial charge in [0.15, 0.2) is 13.0 Å².